The van der Waals surface area contributed by atoms with Gasteiger partial charge in [-0.15, -0.1) is 0 Å². The zero-order valence-electron chi connectivity index (χ0n) is 13.4. The van der Waals surface area contributed by atoms with E-state index in [1.807, 2.05) is 0 Å². The van der Waals surface area contributed by atoms with Crippen molar-refractivity contribution in [1.29, 1.82) is 0 Å². The van der Waals surface area contributed by atoms with E-state index in [-0.39, 0.29) is 17.1 Å². The second-order valence-corrected chi connectivity index (χ2v) is 7.94. The van der Waals surface area contributed by atoms with Crippen LogP contribution in [0.5, 0.6) is 0 Å². The molecule has 2 rings (SSSR count). The maximum absolute atomic E-state index is 12.4. The molecule has 0 spiro atoms. The minimum atomic E-state index is -3.78. The van der Waals surface area contributed by atoms with Gasteiger partial charge in [0.2, 0.25) is 5.09 Å². The Hall–Kier alpha value is -1.91. The molecule has 0 aromatic carbocycles. The minimum Gasteiger partial charge on any atom is -0.481 e. The molecule has 0 unspecified atom stereocenters. The fourth-order valence-electron chi connectivity index (χ4n) is 2.46. The van der Waals surface area contributed by atoms with Crippen molar-refractivity contribution in [2.75, 3.05) is 27.3 Å². The summed E-state index contributed by atoms with van der Waals surface area (Å²) >= 11 is 0. The third-order valence-electron chi connectivity index (χ3n) is 3.89. The van der Waals surface area contributed by atoms with Gasteiger partial charge in [0.15, 0.2) is 0 Å². The van der Waals surface area contributed by atoms with Crippen LogP contribution < -0.4 is 5.32 Å². The molecule has 2 N–H and O–H groups in total. The van der Waals surface area contributed by atoms with Gasteiger partial charge < -0.3 is 19.6 Å². The molecule has 1 aliphatic heterocycles. The molecular weight excluding hydrogens is 340 g/mol. The van der Waals surface area contributed by atoms with Crippen LogP contribution in [0.15, 0.2) is 21.8 Å². The molecule has 1 amide bonds. The van der Waals surface area contributed by atoms with Gasteiger partial charge in [0.1, 0.15) is 6.26 Å². The highest BCUT2D eigenvalue weighted by Crippen LogP contribution is 2.26. The van der Waals surface area contributed by atoms with Gasteiger partial charge in [-0.25, -0.2) is 12.7 Å². The van der Waals surface area contributed by atoms with E-state index in [0.29, 0.717) is 26.1 Å². The molecule has 0 aliphatic carbocycles. The fraction of sp³-hybridized carbons (Fsp3) is 0.571. The summed E-state index contributed by atoms with van der Waals surface area (Å²) in [7, 11) is -1.09. The van der Waals surface area contributed by atoms with Crippen LogP contribution in [0.1, 0.15) is 29.6 Å². The lowest BCUT2D eigenvalue weighted by molar-refractivity contribution is -0.139. The van der Waals surface area contributed by atoms with Crippen molar-refractivity contribution < 1.29 is 32.3 Å². The first-order valence-corrected chi connectivity index (χ1v) is 8.73. The first-order chi connectivity index (χ1) is 11.2. The molecule has 0 atom stereocenters. The van der Waals surface area contributed by atoms with Gasteiger partial charge in [-0.3, -0.25) is 9.59 Å². The van der Waals surface area contributed by atoms with Crippen LogP contribution in [0.25, 0.3) is 0 Å². The highest BCUT2D eigenvalue weighted by atomic mass is 32.2. The van der Waals surface area contributed by atoms with Gasteiger partial charge >= 0.3 is 5.97 Å². The number of nitrogens with one attached hydrogen (secondary N) is 1. The lowest BCUT2D eigenvalue weighted by Crippen LogP contribution is -2.53. The predicted molar refractivity (Wildman–Crippen MR) is 82.1 cm³/mol. The van der Waals surface area contributed by atoms with E-state index in [0.717, 1.165) is 16.6 Å². The van der Waals surface area contributed by atoms with Gasteiger partial charge in [-0.2, -0.15) is 0 Å². The van der Waals surface area contributed by atoms with Crippen LogP contribution >= 0.6 is 0 Å². The zero-order chi connectivity index (χ0) is 18.0. The molecule has 1 saturated heterocycles. The molecule has 0 radical (unpaired) electrons. The SMILES string of the molecule is CN(C)S(=O)(=O)c1cc(C(=O)NC2(CC(=O)O)CCOCC2)co1. The summed E-state index contributed by atoms with van der Waals surface area (Å²) in [5, 5.41) is 11.4. The fourth-order valence-corrected chi connectivity index (χ4v) is 3.27. The van der Waals surface area contributed by atoms with E-state index in [1.165, 1.54) is 14.1 Å². The van der Waals surface area contributed by atoms with Crippen LogP contribution in [-0.2, 0) is 19.6 Å². The normalized spacial score (nSPS) is 17.6. The highest BCUT2D eigenvalue weighted by molar-refractivity contribution is 7.88. The topological polar surface area (TPSA) is 126 Å². The number of rotatable bonds is 6. The standard InChI is InChI=1S/C14H20N2O7S/c1-16(2)24(20,21)12-7-10(9-23-12)13(19)15-14(8-11(17)18)3-5-22-6-4-14/h7,9H,3-6,8H2,1-2H3,(H,15,19)(H,17,18). The molecule has 0 saturated carbocycles. The summed E-state index contributed by atoms with van der Waals surface area (Å²) in [6, 6.07) is 1.12. The van der Waals surface area contributed by atoms with Crippen molar-refractivity contribution >= 4 is 21.9 Å². The number of carbonyl (C=O) groups excluding carboxylic acids is 1. The van der Waals surface area contributed by atoms with Crippen molar-refractivity contribution in [2.45, 2.75) is 29.9 Å². The molecule has 1 aromatic heterocycles. The van der Waals surface area contributed by atoms with Crippen LogP contribution in [0.4, 0.5) is 0 Å². The number of carboxylic acids is 1. The summed E-state index contributed by atoms with van der Waals surface area (Å²) in [6.45, 7) is 0.693. The Labute approximate surface area is 139 Å². The number of hydrogen-bond acceptors (Lipinski definition) is 6. The smallest absolute Gasteiger partial charge is 0.305 e. The number of aliphatic carboxylic acids is 1. The molecule has 1 aromatic rings. The predicted octanol–water partition coefficient (Wildman–Crippen LogP) is 0.284. The highest BCUT2D eigenvalue weighted by Gasteiger charge is 2.37. The monoisotopic (exact) mass is 360 g/mol. The van der Waals surface area contributed by atoms with Crippen molar-refractivity contribution in [3.63, 3.8) is 0 Å². The van der Waals surface area contributed by atoms with Crippen LogP contribution in [0, 0.1) is 0 Å². The van der Waals surface area contributed by atoms with E-state index in [9.17, 15) is 18.0 Å². The number of nitrogens with zero attached hydrogens (tertiary/aromatic N) is 1. The summed E-state index contributed by atoms with van der Waals surface area (Å²) in [5.74, 6) is -1.61. The average Bonchev–Trinajstić information content (AvgIpc) is 2.97. The van der Waals surface area contributed by atoms with Gasteiger partial charge in [0.25, 0.3) is 15.9 Å². The molecule has 1 fully saturated rings. The molecule has 10 heteroatoms. The van der Waals surface area contributed by atoms with Crippen LogP contribution in [0.3, 0.4) is 0 Å². The van der Waals surface area contributed by atoms with Crippen molar-refractivity contribution in [1.82, 2.24) is 9.62 Å². The molecule has 2 heterocycles. The lowest BCUT2D eigenvalue weighted by Gasteiger charge is -2.36. The Balaban J connectivity index is 2.19. The Morgan fingerprint density at radius 2 is 1.96 bits per heavy atom. The third kappa shape index (κ3) is 3.94. The number of amides is 1. The van der Waals surface area contributed by atoms with Gasteiger partial charge in [-0.1, -0.05) is 0 Å². The Kier molecular flexibility index (Phi) is 5.31. The molecular formula is C14H20N2O7S. The number of carboxylic acid groups (broad SMARTS) is 1. The first-order valence-electron chi connectivity index (χ1n) is 7.29. The van der Waals surface area contributed by atoms with E-state index >= 15 is 0 Å². The quantitative estimate of drug-likeness (QED) is 0.746. The summed E-state index contributed by atoms with van der Waals surface area (Å²) in [6.07, 6.45) is 1.54. The first kappa shape index (κ1) is 18.4. The molecule has 24 heavy (non-hydrogen) atoms. The Bertz CT molecular complexity index is 717. The van der Waals surface area contributed by atoms with Crippen LogP contribution in [0.2, 0.25) is 0 Å². The van der Waals surface area contributed by atoms with Gasteiger partial charge in [0.05, 0.1) is 17.5 Å². The number of hydrogen-bond donors (Lipinski definition) is 2. The van der Waals surface area contributed by atoms with E-state index in [1.54, 1.807) is 0 Å². The van der Waals surface area contributed by atoms with Crippen LogP contribution in [-0.4, -0.2) is 62.6 Å². The largest absolute Gasteiger partial charge is 0.481 e. The summed E-state index contributed by atoms with van der Waals surface area (Å²) in [4.78, 5) is 23.5. The lowest BCUT2D eigenvalue weighted by atomic mass is 9.86. The summed E-state index contributed by atoms with van der Waals surface area (Å²) < 4.78 is 35.1. The molecule has 0 bridgehead atoms. The second kappa shape index (κ2) is 6.91. The Morgan fingerprint density at radius 3 is 2.50 bits per heavy atom. The molecule has 134 valence electrons. The minimum absolute atomic E-state index is 0.0201. The second-order valence-electron chi connectivity index (χ2n) is 5.86. The van der Waals surface area contributed by atoms with Gasteiger partial charge in [0, 0.05) is 33.4 Å². The number of furan rings is 1. The number of carbonyl (C=O) groups is 2. The third-order valence-corrected chi connectivity index (χ3v) is 5.57. The molecule has 1 aliphatic rings. The van der Waals surface area contributed by atoms with E-state index in [2.05, 4.69) is 5.32 Å². The summed E-state index contributed by atoms with van der Waals surface area (Å²) in [5.41, 5.74) is -0.898. The number of ether oxygens (including phenoxy) is 1. The van der Waals surface area contributed by atoms with Crippen molar-refractivity contribution in [3.8, 4) is 0 Å². The van der Waals surface area contributed by atoms with Gasteiger partial charge in [-0.05, 0) is 12.8 Å². The number of sulfonamides is 1. The molecule has 9 nitrogen and oxygen atoms in total. The maximum Gasteiger partial charge on any atom is 0.305 e. The maximum atomic E-state index is 12.4. The average molecular weight is 360 g/mol. The zero-order valence-corrected chi connectivity index (χ0v) is 14.3. The van der Waals surface area contributed by atoms with Crippen molar-refractivity contribution in [2.24, 2.45) is 0 Å². The van der Waals surface area contributed by atoms with E-state index < -0.39 is 27.4 Å². The Morgan fingerprint density at radius 1 is 1.33 bits per heavy atom. The van der Waals surface area contributed by atoms with Crippen molar-refractivity contribution in [3.05, 3.63) is 17.9 Å². The van der Waals surface area contributed by atoms with E-state index in [4.69, 9.17) is 14.3 Å².